The maximum Gasteiger partial charge on any atom is 0.104 e. The van der Waals surface area contributed by atoms with Crippen molar-refractivity contribution >= 4 is 12.4 Å². The van der Waals surface area contributed by atoms with Crippen LogP contribution in [-0.4, -0.2) is 29.2 Å². The zero-order chi connectivity index (χ0) is 11.8. The predicted molar refractivity (Wildman–Crippen MR) is 74.1 cm³/mol. The van der Waals surface area contributed by atoms with Crippen molar-refractivity contribution in [2.24, 2.45) is 0 Å². The summed E-state index contributed by atoms with van der Waals surface area (Å²) in [5, 5.41) is 8.62. The summed E-state index contributed by atoms with van der Waals surface area (Å²) >= 11 is 0. The SMILES string of the molecule is CC(C)N(CC#CCO)Cc1ccccc1.Cl. The summed E-state index contributed by atoms with van der Waals surface area (Å²) in [5.74, 6) is 5.65. The van der Waals surface area contributed by atoms with E-state index in [1.807, 2.05) is 18.2 Å². The third-order valence-electron chi connectivity index (χ3n) is 2.44. The van der Waals surface area contributed by atoms with Gasteiger partial charge in [0.25, 0.3) is 0 Å². The summed E-state index contributed by atoms with van der Waals surface area (Å²) in [6.07, 6.45) is 0. The summed E-state index contributed by atoms with van der Waals surface area (Å²) in [6.45, 7) is 5.86. The van der Waals surface area contributed by atoms with E-state index in [9.17, 15) is 0 Å². The van der Waals surface area contributed by atoms with Crippen molar-refractivity contribution in [1.29, 1.82) is 0 Å². The molecule has 0 bridgehead atoms. The normalized spacial score (nSPS) is 9.71. The van der Waals surface area contributed by atoms with Crippen molar-refractivity contribution in [2.45, 2.75) is 26.4 Å². The van der Waals surface area contributed by atoms with Crippen molar-refractivity contribution < 1.29 is 5.11 Å². The number of rotatable bonds is 4. The Morgan fingerprint density at radius 1 is 1.18 bits per heavy atom. The van der Waals surface area contributed by atoms with Gasteiger partial charge in [0, 0.05) is 12.6 Å². The molecule has 0 fully saturated rings. The largest absolute Gasteiger partial charge is 0.384 e. The van der Waals surface area contributed by atoms with Crippen LogP contribution in [-0.2, 0) is 6.54 Å². The monoisotopic (exact) mass is 253 g/mol. The average Bonchev–Trinajstić information content (AvgIpc) is 2.29. The Balaban J connectivity index is 0.00000256. The quantitative estimate of drug-likeness (QED) is 0.833. The molecule has 0 aliphatic rings. The second-order valence-electron chi connectivity index (χ2n) is 4.00. The van der Waals surface area contributed by atoms with Gasteiger partial charge in [0.15, 0.2) is 0 Å². The molecule has 0 aliphatic carbocycles. The Morgan fingerprint density at radius 2 is 1.82 bits per heavy atom. The van der Waals surface area contributed by atoms with Crippen molar-refractivity contribution in [3.63, 3.8) is 0 Å². The fraction of sp³-hybridized carbons (Fsp3) is 0.429. The van der Waals surface area contributed by atoms with E-state index >= 15 is 0 Å². The van der Waals surface area contributed by atoms with E-state index < -0.39 is 0 Å². The summed E-state index contributed by atoms with van der Waals surface area (Å²) in [6, 6.07) is 10.8. The van der Waals surface area contributed by atoms with Crippen LogP contribution in [0.2, 0.25) is 0 Å². The molecule has 1 aromatic rings. The Kier molecular flexibility index (Phi) is 8.53. The highest BCUT2D eigenvalue weighted by Crippen LogP contribution is 2.07. The number of aliphatic hydroxyl groups excluding tert-OH is 1. The van der Waals surface area contributed by atoms with Gasteiger partial charge in [-0.15, -0.1) is 12.4 Å². The number of hydrogen-bond acceptors (Lipinski definition) is 2. The van der Waals surface area contributed by atoms with Crippen LogP contribution in [0.3, 0.4) is 0 Å². The second-order valence-corrected chi connectivity index (χ2v) is 4.00. The lowest BCUT2D eigenvalue weighted by molar-refractivity contribution is 0.241. The Morgan fingerprint density at radius 3 is 2.35 bits per heavy atom. The minimum Gasteiger partial charge on any atom is -0.384 e. The molecule has 17 heavy (non-hydrogen) atoms. The van der Waals surface area contributed by atoms with Crippen LogP contribution in [0.4, 0.5) is 0 Å². The molecule has 0 amide bonds. The Bertz CT molecular complexity index is 353. The molecule has 3 heteroatoms. The van der Waals surface area contributed by atoms with Gasteiger partial charge >= 0.3 is 0 Å². The van der Waals surface area contributed by atoms with Crippen LogP contribution >= 0.6 is 12.4 Å². The first-order chi connectivity index (χ1) is 7.74. The number of aliphatic hydroxyl groups is 1. The lowest BCUT2D eigenvalue weighted by atomic mass is 10.2. The zero-order valence-electron chi connectivity index (χ0n) is 10.4. The third kappa shape index (κ3) is 6.33. The molecule has 1 rings (SSSR count). The van der Waals surface area contributed by atoms with E-state index in [0.717, 1.165) is 6.54 Å². The average molecular weight is 254 g/mol. The number of nitrogens with zero attached hydrogens (tertiary/aromatic N) is 1. The van der Waals surface area contributed by atoms with Crippen LogP contribution in [0, 0.1) is 11.8 Å². The lowest BCUT2D eigenvalue weighted by Crippen LogP contribution is -2.30. The molecule has 1 aromatic carbocycles. The lowest BCUT2D eigenvalue weighted by Gasteiger charge is -2.24. The van der Waals surface area contributed by atoms with E-state index in [-0.39, 0.29) is 19.0 Å². The minimum absolute atomic E-state index is 0. The van der Waals surface area contributed by atoms with Gasteiger partial charge < -0.3 is 5.11 Å². The van der Waals surface area contributed by atoms with Gasteiger partial charge in [-0.2, -0.15) is 0 Å². The van der Waals surface area contributed by atoms with Gasteiger partial charge in [0.2, 0.25) is 0 Å². The highest BCUT2D eigenvalue weighted by atomic mass is 35.5. The van der Waals surface area contributed by atoms with E-state index in [1.165, 1.54) is 5.56 Å². The van der Waals surface area contributed by atoms with Crippen LogP contribution in [0.15, 0.2) is 30.3 Å². The standard InChI is InChI=1S/C14H19NO.ClH/c1-13(2)15(10-6-7-11-16)12-14-8-4-3-5-9-14;/h3-5,8-9,13,16H,10-12H2,1-2H3;1H. The Labute approximate surface area is 110 Å². The molecule has 1 N–H and O–H groups in total. The molecule has 0 saturated carbocycles. The summed E-state index contributed by atoms with van der Waals surface area (Å²) in [4.78, 5) is 2.28. The van der Waals surface area contributed by atoms with Crippen LogP contribution in [0.5, 0.6) is 0 Å². The maximum atomic E-state index is 8.62. The van der Waals surface area contributed by atoms with Gasteiger partial charge in [0.05, 0.1) is 6.54 Å². The first-order valence-electron chi connectivity index (χ1n) is 5.58. The fourth-order valence-corrected chi connectivity index (χ4v) is 1.45. The fourth-order valence-electron chi connectivity index (χ4n) is 1.45. The van der Waals surface area contributed by atoms with Gasteiger partial charge in [-0.3, -0.25) is 4.90 Å². The maximum absolute atomic E-state index is 8.62. The Hall–Kier alpha value is -1.01. The van der Waals surface area contributed by atoms with E-state index in [2.05, 4.69) is 42.7 Å². The molecule has 0 radical (unpaired) electrons. The summed E-state index contributed by atoms with van der Waals surface area (Å²) in [5.41, 5.74) is 1.29. The van der Waals surface area contributed by atoms with E-state index in [1.54, 1.807) is 0 Å². The highest BCUT2D eigenvalue weighted by molar-refractivity contribution is 5.85. The molecule has 0 aromatic heterocycles. The van der Waals surface area contributed by atoms with Gasteiger partial charge in [0.1, 0.15) is 6.61 Å². The van der Waals surface area contributed by atoms with Crippen molar-refractivity contribution in [2.75, 3.05) is 13.2 Å². The number of benzene rings is 1. The van der Waals surface area contributed by atoms with Gasteiger partial charge in [-0.25, -0.2) is 0 Å². The van der Waals surface area contributed by atoms with E-state index in [4.69, 9.17) is 5.11 Å². The highest BCUT2D eigenvalue weighted by Gasteiger charge is 2.07. The second kappa shape index (κ2) is 9.07. The summed E-state index contributed by atoms with van der Waals surface area (Å²) in [7, 11) is 0. The number of halogens is 1. The number of hydrogen-bond donors (Lipinski definition) is 1. The van der Waals surface area contributed by atoms with Crippen molar-refractivity contribution in [3.05, 3.63) is 35.9 Å². The smallest absolute Gasteiger partial charge is 0.104 e. The first kappa shape index (κ1) is 16.0. The zero-order valence-corrected chi connectivity index (χ0v) is 11.2. The molecule has 0 spiro atoms. The molecule has 0 saturated heterocycles. The molecule has 0 atom stereocenters. The molecule has 2 nitrogen and oxygen atoms in total. The predicted octanol–water partition coefficient (Wildman–Crippen LogP) is 2.31. The van der Waals surface area contributed by atoms with Crippen molar-refractivity contribution in [3.8, 4) is 11.8 Å². The van der Waals surface area contributed by atoms with E-state index in [0.29, 0.717) is 12.6 Å². The molecule has 0 unspecified atom stereocenters. The van der Waals surface area contributed by atoms with Crippen molar-refractivity contribution in [1.82, 2.24) is 4.90 Å². The van der Waals surface area contributed by atoms with Gasteiger partial charge in [-0.05, 0) is 19.4 Å². The van der Waals surface area contributed by atoms with Crippen LogP contribution < -0.4 is 0 Å². The van der Waals surface area contributed by atoms with Gasteiger partial charge in [-0.1, -0.05) is 42.2 Å². The third-order valence-corrected chi connectivity index (χ3v) is 2.44. The summed E-state index contributed by atoms with van der Waals surface area (Å²) < 4.78 is 0. The topological polar surface area (TPSA) is 23.5 Å². The molecule has 0 aliphatic heterocycles. The van der Waals surface area contributed by atoms with Crippen LogP contribution in [0.1, 0.15) is 19.4 Å². The minimum atomic E-state index is -0.0583. The molecular formula is C14H20ClNO. The first-order valence-corrected chi connectivity index (χ1v) is 5.58. The van der Waals surface area contributed by atoms with Crippen LogP contribution in [0.25, 0.3) is 0 Å². The molecular weight excluding hydrogens is 234 g/mol. The molecule has 0 heterocycles. The molecule has 94 valence electrons.